The Hall–Kier alpha value is -2.44. The molecule has 3 heterocycles. The minimum Gasteiger partial charge on any atom is -0.496 e. The third-order valence-electron chi connectivity index (χ3n) is 5.32. The van der Waals surface area contributed by atoms with E-state index in [0.29, 0.717) is 22.2 Å². The van der Waals surface area contributed by atoms with Crippen LogP contribution in [0.4, 0.5) is 5.82 Å². The van der Waals surface area contributed by atoms with Crippen LogP contribution in [0.5, 0.6) is 5.75 Å². The highest BCUT2D eigenvalue weighted by molar-refractivity contribution is 7.85. The van der Waals surface area contributed by atoms with Crippen molar-refractivity contribution in [2.45, 2.75) is 29.9 Å². The van der Waals surface area contributed by atoms with Crippen LogP contribution in [0, 0.1) is 0 Å². The number of piperidine rings is 1. The highest BCUT2D eigenvalue weighted by Crippen LogP contribution is 2.32. The Kier molecular flexibility index (Phi) is 8.14. The average Bonchev–Trinajstić information content (AvgIpc) is 2.80. The van der Waals surface area contributed by atoms with Gasteiger partial charge in [-0.3, -0.25) is 9.35 Å². The fourth-order valence-electron chi connectivity index (χ4n) is 3.56. The largest absolute Gasteiger partial charge is 0.496 e. The van der Waals surface area contributed by atoms with Gasteiger partial charge in [-0.15, -0.1) is 0 Å². The lowest BCUT2D eigenvalue weighted by Gasteiger charge is -2.43. The number of nitrogens with zero attached hydrogens (tertiary/aromatic N) is 2. The molecule has 2 aliphatic heterocycles. The number of hydrogen-bond acceptors (Lipinski definition) is 8. The van der Waals surface area contributed by atoms with Crippen molar-refractivity contribution in [3.05, 3.63) is 47.1 Å². The van der Waals surface area contributed by atoms with E-state index >= 15 is 0 Å². The van der Waals surface area contributed by atoms with Crippen molar-refractivity contribution in [1.82, 2.24) is 4.98 Å². The van der Waals surface area contributed by atoms with E-state index in [-0.39, 0.29) is 4.90 Å². The maximum Gasteiger partial charge on any atom is 0.296 e. The number of carbonyl (C=O) groups excluding carboxylic acids is 1. The Bertz CT molecular complexity index is 1060. The first-order chi connectivity index (χ1) is 15.6. The van der Waals surface area contributed by atoms with E-state index in [1.165, 1.54) is 25.4 Å². The van der Waals surface area contributed by atoms with Gasteiger partial charge < -0.3 is 24.8 Å². The monoisotopic (exact) mass is 499 g/mol. The van der Waals surface area contributed by atoms with Gasteiger partial charge in [0.05, 0.1) is 32.1 Å². The Balaban J connectivity index is 0.000000218. The molecule has 2 saturated heterocycles. The van der Waals surface area contributed by atoms with E-state index in [0.717, 1.165) is 45.6 Å². The van der Waals surface area contributed by atoms with Crippen molar-refractivity contribution in [1.29, 1.82) is 0 Å². The Morgan fingerprint density at radius 2 is 1.88 bits per heavy atom. The molecular weight excluding hydrogens is 474 g/mol. The number of ether oxygens (including phenoxy) is 3. The van der Waals surface area contributed by atoms with Crippen LogP contribution in [0.1, 0.15) is 29.6 Å². The van der Waals surface area contributed by atoms with Gasteiger partial charge in [0, 0.05) is 31.0 Å². The van der Waals surface area contributed by atoms with Crippen molar-refractivity contribution in [3.63, 3.8) is 0 Å². The van der Waals surface area contributed by atoms with E-state index in [1.807, 2.05) is 0 Å². The number of aromatic nitrogens is 1. The fraction of sp³-hybridized carbons (Fsp3) is 0.429. The second-order valence-electron chi connectivity index (χ2n) is 7.48. The van der Waals surface area contributed by atoms with Gasteiger partial charge in [-0.1, -0.05) is 11.6 Å². The number of hydrogen-bond donors (Lipinski definition) is 2. The van der Waals surface area contributed by atoms with Crippen molar-refractivity contribution >= 4 is 33.4 Å². The third kappa shape index (κ3) is 6.55. The molecule has 2 aliphatic rings. The van der Waals surface area contributed by atoms with Gasteiger partial charge in [-0.2, -0.15) is 8.42 Å². The highest BCUT2D eigenvalue weighted by Gasteiger charge is 2.38. The van der Waals surface area contributed by atoms with Crippen LogP contribution >= 0.6 is 11.6 Å². The minimum atomic E-state index is -4.19. The summed E-state index contributed by atoms with van der Waals surface area (Å²) in [5.41, 5.74) is 5.41. The number of carbonyl (C=O) groups is 1. The highest BCUT2D eigenvalue weighted by atomic mass is 35.5. The van der Waals surface area contributed by atoms with Gasteiger partial charge >= 0.3 is 0 Å². The molecule has 33 heavy (non-hydrogen) atoms. The number of amides is 1. The predicted molar refractivity (Wildman–Crippen MR) is 121 cm³/mol. The number of methoxy groups -OCH3 is 1. The van der Waals surface area contributed by atoms with E-state index in [4.69, 9.17) is 36.1 Å². The summed E-state index contributed by atoms with van der Waals surface area (Å²) >= 11 is 5.67. The zero-order chi connectivity index (χ0) is 24.1. The van der Waals surface area contributed by atoms with E-state index in [9.17, 15) is 13.2 Å². The van der Waals surface area contributed by atoms with Crippen molar-refractivity contribution in [3.8, 4) is 5.75 Å². The maximum atomic E-state index is 11.0. The molecule has 1 spiro atoms. The normalized spacial score (nSPS) is 17.7. The summed E-state index contributed by atoms with van der Waals surface area (Å²) in [7, 11) is -2.74. The van der Waals surface area contributed by atoms with Crippen LogP contribution < -0.4 is 15.4 Å². The SMILES string of the molecule is COc1cc(Cl)ccc1C(N)=O.O=S(=O)(O)c1ccc(N2CCC3(CC2)OCCCO3)nc1. The number of pyridine rings is 1. The summed E-state index contributed by atoms with van der Waals surface area (Å²) in [4.78, 5) is 16.8. The Labute approximate surface area is 197 Å². The van der Waals surface area contributed by atoms with E-state index in [2.05, 4.69) is 9.88 Å². The van der Waals surface area contributed by atoms with Gasteiger partial charge in [0.25, 0.3) is 16.0 Å². The molecule has 0 saturated carbocycles. The first kappa shape index (κ1) is 25.2. The summed E-state index contributed by atoms with van der Waals surface area (Å²) in [6, 6.07) is 7.62. The van der Waals surface area contributed by atoms with E-state index < -0.39 is 21.8 Å². The second-order valence-corrected chi connectivity index (χ2v) is 9.34. The molecule has 2 fully saturated rings. The maximum absolute atomic E-state index is 11.0. The Morgan fingerprint density at radius 3 is 2.39 bits per heavy atom. The van der Waals surface area contributed by atoms with Crippen LogP contribution in [0.2, 0.25) is 5.02 Å². The first-order valence-corrected chi connectivity index (χ1v) is 12.1. The lowest BCUT2D eigenvalue weighted by molar-refractivity contribution is -0.275. The number of anilines is 1. The lowest BCUT2D eigenvalue weighted by Crippen LogP contribution is -2.50. The van der Waals surface area contributed by atoms with Gasteiger partial charge in [-0.05, 0) is 36.8 Å². The van der Waals surface area contributed by atoms with Gasteiger partial charge in [0.15, 0.2) is 5.79 Å². The molecular formula is C21H26ClN3O7S. The molecule has 0 unspecified atom stereocenters. The van der Waals surface area contributed by atoms with Crippen LogP contribution in [-0.4, -0.2) is 63.1 Å². The smallest absolute Gasteiger partial charge is 0.296 e. The van der Waals surface area contributed by atoms with Gasteiger partial charge in [0.1, 0.15) is 16.5 Å². The van der Waals surface area contributed by atoms with Crippen LogP contribution in [0.3, 0.4) is 0 Å². The summed E-state index contributed by atoms with van der Waals surface area (Å²) in [5, 5.41) is 0.511. The van der Waals surface area contributed by atoms with Crippen LogP contribution in [0.25, 0.3) is 0 Å². The molecule has 0 bridgehead atoms. The number of benzene rings is 1. The molecule has 1 aromatic carbocycles. The molecule has 0 radical (unpaired) electrons. The summed E-state index contributed by atoms with van der Waals surface area (Å²) in [6.07, 6.45) is 3.62. The average molecular weight is 500 g/mol. The molecule has 0 atom stereocenters. The topological polar surface area (TPSA) is 141 Å². The molecule has 3 N–H and O–H groups in total. The fourth-order valence-corrected chi connectivity index (χ4v) is 4.15. The quantitative estimate of drug-likeness (QED) is 0.606. The van der Waals surface area contributed by atoms with Crippen molar-refractivity contribution in [2.24, 2.45) is 5.73 Å². The molecule has 2 aromatic rings. The number of halogens is 1. The number of rotatable bonds is 4. The minimum absolute atomic E-state index is 0.196. The standard InChI is InChI=1S/C13H18N2O5S.C8H8ClNO2/c16-21(17,18)11-2-3-12(14-10-11)15-6-4-13(5-7-15)19-8-1-9-20-13;1-12-7-4-5(9)2-3-6(7)8(10)11/h2-3,10H,1,4-9H2,(H,16,17,18);2-4H,1H3,(H2,10,11). The van der Waals surface area contributed by atoms with Crippen LogP contribution in [-0.2, 0) is 19.6 Å². The molecule has 180 valence electrons. The summed E-state index contributed by atoms with van der Waals surface area (Å²) in [5.74, 6) is 0.106. The summed E-state index contributed by atoms with van der Waals surface area (Å²) < 4.78 is 47.4. The molecule has 1 aromatic heterocycles. The van der Waals surface area contributed by atoms with Gasteiger partial charge in [-0.25, -0.2) is 4.98 Å². The zero-order valence-corrected chi connectivity index (χ0v) is 19.6. The third-order valence-corrected chi connectivity index (χ3v) is 6.39. The Morgan fingerprint density at radius 1 is 1.21 bits per heavy atom. The second kappa shape index (κ2) is 10.7. The first-order valence-electron chi connectivity index (χ1n) is 10.2. The molecule has 4 rings (SSSR count). The molecule has 12 heteroatoms. The number of primary amides is 1. The molecule has 0 aliphatic carbocycles. The van der Waals surface area contributed by atoms with E-state index in [1.54, 1.807) is 18.2 Å². The zero-order valence-electron chi connectivity index (χ0n) is 18.1. The summed E-state index contributed by atoms with van der Waals surface area (Å²) in [6.45, 7) is 2.94. The molecule has 10 nitrogen and oxygen atoms in total. The van der Waals surface area contributed by atoms with Crippen molar-refractivity contribution in [2.75, 3.05) is 38.3 Å². The number of nitrogens with two attached hydrogens (primary N) is 1. The van der Waals surface area contributed by atoms with Crippen molar-refractivity contribution < 1.29 is 32.0 Å². The lowest BCUT2D eigenvalue weighted by atomic mass is 10.0. The van der Waals surface area contributed by atoms with Gasteiger partial charge in [0.2, 0.25) is 0 Å². The predicted octanol–water partition coefficient (Wildman–Crippen LogP) is 2.51. The van der Waals surface area contributed by atoms with Crippen LogP contribution in [0.15, 0.2) is 41.4 Å². The molecule has 1 amide bonds.